The maximum atomic E-state index is 12.6. The van der Waals surface area contributed by atoms with Crippen LogP contribution in [0.4, 0.5) is 0 Å². The number of guanidine groups is 1. The van der Waals surface area contributed by atoms with E-state index >= 15 is 0 Å². The normalized spacial score (nSPS) is 16.8. The Morgan fingerprint density at radius 1 is 0.816 bits per heavy atom. The number of carbonyl (C=O) groups excluding carboxylic acids is 2. The predicted octanol–water partition coefficient (Wildman–Crippen LogP) is 4.70. The number of ether oxygens (including phenoxy) is 3. The SMILES string of the molecule is COc1ccc(COC(=O)c2ccc(-c3ccc(OC(=O)C4CCC(CN=C(N)N)CC4)cc3)cc2)cc1. The summed E-state index contributed by atoms with van der Waals surface area (Å²) in [4.78, 5) is 29.1. The molecule has 0 spiro atoms. The highest BCUT2D eigenvalue weighted by Gasteiger charge is 2.27. The van der Waals surface area contributed by atoms with E-state index in [0.29, 0.717) is 23.8 Å². The molecule has 3 aromatic carbocycles. The van der Waals surface area contributed by atoms with Gasteiger partial charge in [0.15, 0.2) is 5.96 Å². The van der Waals surface area contributed by atoms with Crippen molar-refractivity contribution < 1.29 is 23.8 Å². The predicted molar refractivity (Wildman–Crippen MR) is 146 cm³/mol. The summed E-state index contributed by atoms with van der Waals surface area (Å²) in [7, 11) is 1.61. The number of hydrogen-bond acceptors (Lipinski definition) is 6. The van der Waals surface area contributed by atoms with Crippen LogP contribution in [0.1, 0.15) is 41.6 Å². The molecule has 4 N–H and O–H groups in total. The lowest BCUT2D eigenvalue weighted by Crippen LogP contribution is -2.28. The highest BCUT2D eigenvalue weighted by Crippen LogP contribution is 2.31. The summed E-state index contributed by atoms with van der Waals surface area (Å²) in [5.74, 6) is 1.08. The van der Waals surface area contributed by atoms with Gasteiger partial charge in [0, 0.05) is 6.54 Å². The van der Waals surface area contributed by atoms with Gasteiger partial charge in [0.05, 0.1) is 18.6 Å². The van der Waals surface area contributed by atoms with Gasteiger partial charge in [0.2, 0.25) is 0 Å². The average Bonchev–Trinajstić information content (AvgIpc) is 2.96. The summed E-state index contributed by atoms with van der Waals surface area (Å²) < 4.78 is 16.2. The number of esters is 2. The zero-order chi connectivity index (χ0) is 26.9. The fourth-order valence-electron chi connectivity index (χ4n) is 4.48. The van der Waals surface area contributed by atoms with Crippen LogP contribution in [0.2, 0.25) is 0 Å². The zero-order valence-corrected chi connectivity index (χ0v) is 21.5. The third-order valence-electron chi connectivity index (χ3n) is 6.77. The fraction of sp³-hybridized carbons (Fsp3) is 0.300. The standard InChI is InChI=1S/C30H33N3O5/c1-36-26-14-4-21(5-15-26)19-37-28(34)24-10-8-22(9-11-24)23-12-16-27(17-13-23)38-29(35)25-6-2-20(3-7-25)18-33-30(31)32/h4-5,8-17,20,25H,2-3,6-7,18-19H2,1H3,(H4,31,32,33). The van der Waals surface area contributed by atoms with Gasteiger partial charge in [-0.1, -0.05) is 36.4 Å². The van der Waals surface area contributed by atoms with Crippen molar-refractivity contribution in [2.45, 2.75) is 32.3 Å². The monoisotopic (exact) mass is 515 g/mol. The lowest BCUT2D eigenvalue weighted by Gasteiger charge is -2.26. The molecule has 38 heavy (non-hydrogen) atoms. The van der Waals surface area contributed by atoms with E-state index in [1.165, 1.54) is 0 Å². The number of methoxy groups -OCH3 is 1. The van der Waals surface area contributed by atoms with Gasteiger partial charge in [0.25, 0.3) is 0 Å². The molecule has 0 unspecified atom stereocenters. The van der Waals surface area contributed by atoms with Crippen LogP contribution in [-0.2, 0) is 16.1 Å². The summed E-state index contributed by atoms with van der Waals surface area (Å²) in [6, 6.07) is 21.9. The van der Waals surface area contributed by atoms with Crippen molar-refractivity contribution in [1.29, 1.82) is 0 Å². The molecule has 1 aliphatic rings. The first-order chi connectivity index (χ1) is 18.4. The molecule has 0 heterocycles. The lowest BCUT2D eigenvalue weighted by atomic mass is 9.82. The number of carbonyl (C=O) groups is 2. The molecule has 0 atom stereocenters. The molecule has 198 valence electrons. The molecule has 0 aliphatic heterocycles. The van der Waals surface area contributed by atoms with Crippen molar-refractivity contribution in [3.8, 4) is 22.6 Å². The van der Waals surface area contributed by atoms with E-state index in [0.717, 1.165) is 48.1 Å². The Hall–Kier alpha value is -4.33. The highest BCUT2D eigenvalue weighted by atomic mass is 16.5. The first-order valence-electron chi connectivity index (χ1n) is 12.7. The number of hydrogen-bond donors (Lipinski definition) is 2. The van der Waals surface area contributed by atoms with Gasteiger partial charge >= 0.3 is 11.9 Å². The molecule has 0 radical (unpaired) electrons. The molecule has 1 saturated carbocycles. The molecule has 8 nitrogen and oxygen atoms in total. The molecule has 1 aliphatic carbocycles. The maximum absolute atomic E-state index is 12.6. The van der Waals surface area contributed by atoms with Crippen LogP contribution in [0.25, 0.3) is 11.1 Å². The van der Waals surface area contributed by atoms with Crippen LogP contribution in [0.5, 0.6) is 11.5 Å². The lowest BCUT2D eigenvalue weighted by molar-refractivity contribution is -0.140. The van der Waals surface area contributed by atoms with Gasteiger partial charge in [-0.2, -0.15) is 0 Å². The van der Waals surface area contributed by atoms with Crippen molar-refractivity contribution in [2.24, 2.45) is 28.3 Å². The first kappa shape index (κ1) is 26.7. The minimum absolute atomic E-state index is 0.106. The topological polar surface area (TPSA) is 126 Å². The Kier molecular flexibility index (Phi) is 8.98. The summed E-state index contributed by atoms with van der Waals surface area (Å²) in [5, 5.41) is 0. The number of benzene rings is 3. The van der Waals surface area contributed by atoms with Gasteiger partial charge in [-0.25, -0.2) is 4.79 Å². The van der Waals surface area contributed by atoms with E-state index in [-0.39, 0.29) is 30.4 Å². The molecule has 0 bridgehead atoms. The Morgan fingerprint density at radius 3 is 1.97 bits per heavy atom. The van der Waals surface area contributed by atoms with Crippen LogP contribution in [0.3, 0.4) is 0 Å². The molecule has 1 fully saturated rings. The third kappa shape index (κ3) is 7.35. The minimum atomic E-state index is -0.389. The molecule has 8 heteroatoms. The highest BCUT2D eigenvalue weighted by molar-refractivity contribution is 5.90. The molecule has 0 saturated heterocycles. The second kappa shape index (κ2) is 12.8. The molecule has 0 amide bonds. The minimum Gasteiger partial charge on any atom is -0.497 e. The van der Waals surface area contributed by atoms with E-state index in [4.69, 9.17) is 25.7 Å². The summed E-state index contributed by atoms with van der Waals surface area (Å²) in [5.41, 5.74) is 14.1. The maximum Gasteiger partial charge on any atom is 0.338 e. The molecular formula is C30H33N3O5. The van der Waals surface area contributed by atoms with Crippen molar-refractivity contribution in [3.05, 3.63) is 83.9 Å². The Balaban J connectivity index is 1.26. The summed E-state index contributed by atoms with van der Waals surface area (Å²) in [6.45, 7) is 0.793. The van der Waals surface area contributed by atoms with Gasteiger partial charge < -0.3 is 25.7 Å². The van der Waals surface area contributed by atoms with Gasteiger partial charge in [-0.15, -0.1) is 0 Å². The van der Waals surface area contributed by atoms with E-state index in [9.17, 15) is 9.59 Å². The van der Waals surface area contributed by atoms with Crippen LogP contribution in [0.15, 0.2) is 77.8 Å². The number of nitrogens with zero attached hydrogens (tertiary/aromatic N) is 1. The van der Waals surface area contributed by atoms with E-state index in [1.54, 1.807) is 31.4 Å². The Bertz CT molecular complexity index is 1240. The number of nitrogens with two attached hydrogens (primary N) is 2. The second-order valence-electron chi connectivity index (χ2n) is 9.43. The quantitative estimate of drug-likeness (QED) is 0.183. The second-order valence-corrected chi connectivity index (χ2v) is 9.43. The average molecular weight is 516 g/mol. The van der Waals surface area contributed by atoms with Crippen molar-refractivity contribution >= 4 is 17.9 Å². The van der Waals surface area contributed by atoms with Crippen molar-refractivity contribution in [1.82, 2.24) is 0 Å². The Labute approximate surface area is 222 Å². The van der Waals surface area contributed by atoms with Crippen molar-refractivity contribution in [2.75, 3.05) is 13.7 Å². The van der Waals surface area contributed by atoms with E-state index < -0.39 is 0 Å². The van der Waals surface area contributed by atoms with Gasteiger partial charge in [-0.3, -0.25) is 9.79 Å². The van der Waals surface area contributed by atoms with Crippen molar-refractivity contribution in [3.63, 3.8) is 0 Å². The number of rotatable bonds is 9. The van der Waals surface area contributed by atoms with Crippen LogP contribution in [0, 0.1) is 11.8 Å². The van der Waals surface area contributed by atoms with Gasteiger partial charge in [-0.05, 0) is 84.7 Å². The molecule has 3 aromatic rings. The van der Waals surface area contributed by atoms with Gasteiger partial charge in [0.1, 0.15) is 18.1 Å². The van der Waals surface area contributed by atoms with Crippen LogP contribution in [-0.4, -0.2) is 31.6 Å². The fourth-order valence-corrected chi connectivity index (χ4v) is 4.48. The third-order valence-corrected chi connectivity index (χ3v) is 6.77. The first-order valence-corrected chi connectivity index (χ1v) is 12.7. The zero-order valence-electron chi connectivity index (χ0n) is 21.5. The van der Waals surface area contributed by atoms with Crippen LogP contribution >= 0.6 is 0 Å². The van der Waals surface area contributed by atoms with E-state index in [2.05, 4.69) is 4.99 Å². The number of aliphatic imine (C=N–C) groups is 1. The molecule has 0 aromatic heterocycles. The molecular weight excluding hydrogens is 482 g/mol. The van der Waals surface area contributed by atoms with E-state index in [1.807, 2.05) is 48.5 Å². The summed E-state index contributed by atoms with van der Waals surface area (Å²) in [6.07, 6.45) is 3.36. The smallest absolute Gasteiger partial charge is 0.338 e. The molecule has 4 rings (SSSR count). The van der Waals surface area contributed by atoms with Crippen LogP contribution < -0.4 is 20.9 Å². The Morgan fingerprint density at radius 2 is 1.39 bits per heavy atom. The summed E-state index contributed by atoms with van der Waals surface area (Å²) >= 11 is 0. The largest absolute Gasteiger partial charge is 0.497 e.